The Morgan fingerprint density at radius 3 is 2.46 bits per heavy atom. The molecule has 1 amide bonds. The molecule has 1 atom stereocenters. The van der Waals surface area contributed by atoms with Crippen LogP contribution in [0, 0.1) is 5.92 Å². The van der Waals surface area contributed by atoms with E-state index < -0.39 is 21.8 Å². The lowest BCUT2D eigenvalue weighted by Crippen LogP contribution is -2.49. The largest absolute Gasteiger partial charge is 0.466 e. The van der Waals surface area contributed by atoms with E-state index in [1.54, 1.807) is 26.1 Å². The minimum Gasteiger partial charge on any atom is -0.466 e. The van der Waals surface area contributed by atoms with E-state index in [1.165, 1.54) is 20.1 Å². The number of hydrogen-bond donors (Lipinski definition) is 0. The van der Waals surface area contributed by atoms with Gasteiger partial charge in [0.05, 0.1) is 18.1 Å². The number of piperazine rings is 1. The number of hydrogen-bond acceptors (Lipinski definition) is 7. The zero-order valence-corrected chi connectivity index (χ0v) is 21.5. The number of likely N-dealkylation sites (tertiary alicyclic amines) is 1. The summed E-state index contributed by atoms with van der Waals surface area (Å²) in [5.41, 5.74) is 0.999. The summed E-state index contributed by atoms with van der Waals surface area (Å²) in [6.07, 6.45) is 2.72. The van der Waals surface area contributed by atoms with Crippen LogP contribution in [0.1, 0.15) is 30.1 Å². The molecule has 12 heteroatoms. The molecule has 1 aromatic carbocycles. The number of anilines is 1. The maximum absolute atomic E-state index is 13.5. The Labute approximate surface area is 210 Å². The van der Waals surface area contributed by atoms with Crippen molar-refractivity contribution in [2.45, 2.75) is 24.8 Å². The molecule has 0 unspecified atom stereocenters. The lowest BCUT2D eigenvalue weighted by molar-refractivity contribution is -0.149. The average Bonchev–Trinajstić information content (AvgIpc) is 3.27. The van der Waals surface area contributed by atoms with Gasteiger partial charge >= 0.3 is 5.97 Å². The summed E-state index contributed by atoms with van der Waals surface area (Å²) < 4.78 is 34.9. The van der Waals surface area contributed by atoms with Gasteiger partial charge in [0.15, 0.2) is 0 Å². The number of amides is 1. The normalized spacial score (nSPS) is 19.6. The quantitative estimate of drug-likeness (QED) is 0.533. The second kappa shape index (κ2) is 10.5. The van der Waals surface area contributed by atoms with Crippen molar-refractivity contribution in [2.24, 2.45) is 13.0 Å². The van der Waals surface area contributed by atoms with Crippen LogP contribution in [0.3, 0.4) is 0 Å². The van der Waals surface area contributed by atoms with Gasteiger partial charge in [0.2, 0.25) is 5.03 Å². The van der Waals surface area contributed by atoms with Gasteiger partial charge in [0.25, 0.3) is 15.9 Å². The molecule has 0 N–H and O–H groups in total. The predicted octanol–water partition coefficient (Wildman–Crippen LogP) is 2.00. The number of aryl methyl sites for hydroxylation is 1. The average molecular weight is 524 g/mol. The molecule has 4 rings (SSSR count). The minimum atomic E-state index is -3.99. The number of carbonyl (C=O) groups excluding carboxylic acids is 2. The lowest BCUT2D eigenvalue weighted by Gasteiger charge is -2.35. The molecule has 2 aliphatic heterocycles. The monoisotopic (exact) mass is 523 g/mol. The molecule has 2 aliphatic rings. The molecule has 10 nitrogen and oxygen atoms in total. The zero-order chi connectivity index (χ0) is 25.2. The molecule has 35 heavy (non-hydrogen) atoms. The standard InChI is InChI=1S/C23H30ClN5O5S/c1-3-34-23(31)17-5-4-10-28(15-17)22(30)20-16-26(2)25-21(20)35(32,33)29-13-11-27(12-14-29)19-8-6-18(24)7-9-19/h6-9,16-17H,3-5,10-15H2,1-2H3/t17-/m0/s1. The zero-order valence-electron chi connectivity index (χ0n) is 19.9. The van der Waals surface area contributed by atoms with Crippen LogP contribution in [0.25, 0.3) is 0 Å². The number of aromatic nitrogens is 2. The van der Waals surface area contributed by atoms with Crippen molar-refractivity contribution in [1.82, 2.24) is 19.0 Å². The van der Waals surface area contributed by atoms with Gasteiger partial charge in [0.1, 0.15) is 0 Å². The first-order valence-corrected chi connectivity index (χ1v) is 13.5. The number of esters is 1. The molecule has 2 saturated heterocycles. The molecule has 0 radical (unpaired) electrons. The topological polar surface area (TPSA) is 105 Å². The van der Waals surface area contributed by atoms with Crippen molar-refractivity contribution in [3.05, 3.63) is 41.0 Å². The summed E-state index contributed by atoms with van der Waals surface area (Å²) in [6.45, 7) is 4.21. The molecule has 0 aliphatic carbocycles. The van der Waals surface area contributed by atoms with Gasteiger partial charge in [0, 0.05) is 63.2 Å². The fraction of sp³-hybridized carbons (Fsp3) is 0.522. The first-order chi connectivity index (χ1) is 16.7. The summed E-state index contributed by atoms with van der Waals surface area (Å²) in [7, 11) is -2.40. The molecule has 2 aromatic rings. The van der Waals surface area contributed by atoms with Crippen LogP contribution in [0.5, 0.6) is 0 Å². The highest BCUT2D eigenvalue weighted by atomic mass is 35.5. The number of halogens is 1. The smallest absolute Gasteiger partial charge is 0.310 e. The van der Waals surface area contributed by atoms with Crippen LogP contribution in [0.2, 0.25) is 5.02 Å². The van der Waals surface area contributed by atoms with Crippen molar-refractivity contribution in [3.63, 3.8) is 0 Å². The molecule has 1 aromatic heterocycles. The third kappa shape index (κ3) is 5.46. The second-order valence-electron chi connectivity index (χ2n) is 8.73. The first-order valence-electron chi connectivity index (χ1n) is 11.7. The van der Waals surface area contributed by atoms with Crippen LogP contribution in [-0.2, 0) is 26.6 Å². The van der Waals surface area contributed by atoms with Crippen molar-refractivity contribution in [2.75, 3.05) is 50.8 Å². The van der Waals surface area contributed by atoms with E-state index >= 15 is 0 Å². The third-order valence-corrected chi connectivity index (χ3v) is 8.46. The Morgan fingerprint density at radius 2 is 1.80 bits per heavy atom. The van der Waals surface area contributed by atoms with E-state index in [0.29, 0.717) is 37.5 Å². The van der Waals surface area contributed by atoms with Gasteiger partial charge in [-0.05, 0) is 44.0 Å². The Morgan fingerprint density at radius 1 is 1.11 bits per heavy atom. The number of rotatable bonds is 6. The second-order valence-corrected chi connectivity index (χ2v) is 11.0. The number of nitrogens with zero attached hydrogens (tertiary/aromatic N) is 5. The molecule has 0 bridgehead atoms. The van der Waals surface area contributed by atoms with Gasteiger partial charge in [-0.2, -0.15) is 9.40 Å². The van der Waals surface area contributed by atoms with E-state index in [1.807, 2.05) is 12.1 Å². The summed E-state index contributed by atoms with van der Waals surface area (Å²) >= 11 is 5.97. The van der Waals surface area contributed by atoms with Crippen LogP contribution in [-0.4, -0.2) is 85.2 Å². The molecular formula is C23H30ClN5O5S. The fourth-order valence-electron chi connectivity index (χ4n) is 4.55. The Bertz CT molecular complexity index is 1180. The van der Waals surface area contributed by atoms with E-state index in [9.17, 15) is 18.0 Å². The molecular weight excluding hydrogens is 494 g/mol. The van der Waals surface area contributed by atoms with Crippen molar-refractivity contribution in [3.8, 4) is 0 Å². The van der Waals surface area contributed by atoms with Crippen molar-refractivity contribution < 1.29 is 22.7 Å². The van der Waals surface area contributed by atoms with Crippen LogP contribution >= 0.6 is 11.6 Å². The van der Waals surface area contributed by atoms with Crippen molar-refractivity contribution in [1.29, 1.82) is 0 Å². The van der Waals surface area contributed by atoms with Gasteiger partial charge in [-0.3, -0.25) is 14.3 Å². The SMILES string of the molecule is CCOC(=O)[C@H]1CCCN(C(=O)c2cn(C)nc2S(=O)(=O)N2CCN(c3ccc(Cl)cc3)CC2)C1. The maximum atomic E-state index is 13.5. The van der Waals surface area contributed by atoms with E-state index in [-0.39, 0.29) is 42.8 Å². The Balaban J connectivity index is 1.49. The predicted molar refractivity (Wildman–Crippen MR) is 131 cm³/mol. The first kappa shape index (κ1) is 25.5. The number of benzene rings is 1. The fourth-order valence-corrected chi connectivity index (χ4v) is 6.22. The Hall–Kier alpha value is -2.63. The summed E-state index contributed by atoms with van der Waals surface area (Å²) in [4.78, 5) is 29.2. The number of ether oxygens (including phenoxy) is 1. The summed E-state index contributed by atoms with van der Waals surface area (Å²) in [6, 6.07) is 7.42. The number of piperidine rings is 1. The number of sulfonamides is 1. The highest BCUT2D eigenvalue weighted by molar-refractivity contribution is 7.89. The molecule has 190 valence electrons. The molecule has 3 heterocycles. The highest BCUT2D eigenvalue weighted by Crippen LogP contribution is 2.26. The molecule has 0 saturated carbocycles. The van der Waals surface area contributed by atoms with Gasteiger partial charge in [-0.25, -0.2) is 8.42 Å². The van der Waals surface area contributed by atoms with Crippen LogP contribution in [0.4, 0.5) is 5.69 Å². The van der Waals surface area contributed by atoms with Crippen LogP contribution < -0.4 is 4.90 Å². The summed E-state index contributed by atoms with van der Waals surface area (Å²) in [5, 5.41) is 4.56. The van der Waals surface area contributed by atoms with E-state index in [2.05, 4.69) is 10.00 Å². The lowest BCUT2D eigenvalue weighted by atomic mass is 9.98. The summed E-state index contributed by atoms with van der Waals surface area (Å²) in [5.74, 6) is -1.18. The van der Waals surface area contributed by atoms with Gasteiger partial charge in [-0.1, -0.05) is 11.6 Å². The van der Waals surface area contributed by atoms with Crippen LogP contribution in [0.15, 0.2) is 35.5 Å². The Kier molecular flexibility index (Phi) is 7.67. The van der Waals surface area contributed by atoms with Gasteiger partial charge in [-0.15, -0.1) is 0 Å². The minimum absolute atomic E-state index is 0.0251. The maximum Gasteiger partial charge on any atom is 0.310 e. The van der Waals surface area contributed by atoms with Crippen molar-refractivity contribution >= 4 is 39.2 Å². The van der Waals surface area contributed by atoms with Gasteiger partial charge < -0.3 is 14.5 Å². The molecule has 2 fully saturated rings. The highest BCUT2D eigenvalue weighted by Gasteiger charge is 2.37. The van der Waals surface area contributed by atoms with E-state index in [0.717, 1.165) is 5.69 Å². The third-order valence-electron chi connectivity index (χ3n) is 6.37. The van der Waals surface area contributed by atoms with E-state index in [4.69, 9.17) is 16.3 Å². The molecule has 0 spiro atoms. The number of carbonyl (C=O) groups is 2.